The second kappa shape index (κ2) is 13.6. The van der Waals surface area contributed by atoms with Crippen LogP contribution in [0.3, 0.4) is 0 Å². The van der Waals surface area contributed by atoms with E-state index in [1.807, 2.05) is 55.5 Å². The van der Waals surface area contributed by atoms with E-state index in [2.05, 4.69) is 10.6 Å². The van der Waals surface area contributed by atoms with Gasteiger partial charge in [-0.25, -0.2) is 0 Å². The number of hydrogen-bond donors (Lipinski definition) is 2. The third kappa shape index (κ3) is 7.54. The zero-order valence-electron chi connectivity index (χ0n) is 21.3. The molecule has 3 aromatic rings. The molecule has 1 atom stereocenters. The number of methoxy groups -OCH3 is 2. The first-order chi connectivity index (χ1) is 18.0. The summed E-state index contributed by atoms with van der Waals surface area (Å²) in [6.07, 6.45) is 4.88. The van der Waals surface area contributed by atoms with E-state index in [-0.39, 0.29) is 24.1 Å². The highest BCUT2D eigenvalue weighted by atomic mass is 16.5. The van der Waals surface area contributed by atoms with E-state index in [0.29, 0.717) is 41.0 Å². The van der Waals surface area contributed by atoms with Crippen LogP contribution < -0.4 is 20.1 Å². The molecule has 0 aliphatic carbocycles. The highest BCUT2D eigenvalue weighted by Gasteiger charge is 2.22. The molecular formula is C30H32N2O5. The fourth-order valence-electron chi connectivity index (χ4n) is 3.81. The Balaban J connectivity index is 1.70. The average molecular weight is 501 g/mol. The molecule has 0 bridgehead atoms. The lowest BCUT2D eigenvalue weighted by atomic mass is 10.0. The number of carbonyl (C=O) groups excluding carboxylic acids is 3. The lowest BCUT2D eigenvalue weighted by molar-refractivity contribution is -0.120. The molecule has 2 N–H and O–H groups in total. The van der Waals surface area contributed by atoms with Crippen LogP contribution in [0.15, 0.2) is 72.8 Å². The van der Waals surface area contributed by atoms with Crippen molar-refractivity contribution in [2.45, 2.75) is 25.8 Å². The molecule has 37 heavy (non-hydrogen) atoms. The molecule has 192 valence electrons. The molecule has 7 heteroatoms. The molecule has 0 fully saturated rings. The topological polar surface area (TPSA) is 93.7 Å². The maximum absolute atomic E-state index is 13.2. The molecule has 0 spiro atoms. The van der Waals surface area contributed by atoms with Gasteiger partial charge in [-0.15, -0.1) is 0 Å². The number of ether oxygens (including phenoxy) is 2. The molecule has 0 radical (unpaired) electrons. The molecule has 0 aliphatic heterocycles. The maximum atomic E-state index is 13.2. The third-order valence-corrected chi connectivity index (χ3v) is 5.80. The summed E-state index contributed by atoms with van der Waals surface area (Å²) in [7, 11) is 3.15. The van der Waals surface area contributed by atoms with E-state index >= 15 is 0 Å². The predicted octanol–water partition coefficient (Wildman–Crippen LogP) is 4.77. The van der Waals surface area contributed by atoms with Crippen LogP contribution in [-0.4, -0.2) is 44.4 Å². The monoisotopic (exact) mass is 500 g/mol. The highest BCUT2D eigenvalue weighted by Crippen LogP contribution is 2.28. The molecule has 0 saturated carbocycles. The largest absolute Gasteiger partial charge is 0.493 e. The minimum absolute atomic E-state index is 0.167. The maximum Gasteiger partial charge on any atom is 0.252 e. The lowest BCUT2D eigenvalue weighted by Gasteiger charge is -2.18. The number of Topliss-reactive ketones (excluding diaryl/α,β-unsaturated/α-hetero) is 1. The number of benzene rings is 3. The first kappa shape index (κ1) is 27.2. The van der Waals surface area contributed by atoms with E-state index in [9.17, 15) is 14.4 Å². The Labute approximate surface area is 217 Å². The molecular weight excluding hydrogens is 468 g/mol. The number of rotatable bonds is 12. The third-order valence-electron chi connectivity index (χ3n) is 5.80. The summed E-state index contributed by atoms with van der Waals surface area (Å²) in [5, 5.41) is 5.51. The van der Waals surface area contributed by atoms with Gasteiger partial charge in [0.25, 0.3) is 11.8 Å². The summed E-state index contributed by atoms with van der Waals surface area (Å²) in [6.45, 7) is 1.77. The molecule has 0 heterocycles. The van der Waals surface area contributed by atoms with Crippen molar-refractivity contribution in [1.82, 2.24) is 10.6 Å². The molecule has 0 aliphatic rings. The average Bonchev–Trinajstić information content (AvgIpc) is 2.94. The lowest BCUT2D eigenvalue weighted by Crippen LogP contribution is -2.45. The number of amides is 2. The van der Waals surface area contributed by atoms with Gasteiger partial charge >= 0.3 is 0 Å². The molecule has 7 nitrogen and oxygen atoms in total. The van der Waals surface area contributed by atoms with Gasteiger partial charge in [-0.2, -0.15) is 0 Å². The first-order valence-electron chi connectivity index (χ1n) is 12.1. The summed E-state index contributed by atoms with van der Waals surface area (Å²) in [5.41, 5.74) is 2.50. The molecule has 2 amide bonds. The molecule has 3 aromatic carbocycles. The van der Waals surface area contributed by atoms with Crippen LogP contribution in [0, 0.1) is 0 Å². The predicted molar refractivity (Wildman–Crippen MR) is 145 cm³/mol. The zero-order valence-corrected chi connectivity index (χ0v) is 21.3. The minimum atomic E-state index is -0.712. The normalized spacial score (nSPS) is 11.5. The number of nitrogens with one attached hydrogen (secondary N) is 2. The van der Waals surface area contributed by atoms with E-state index in [1.54, 1.807) is 50.6 Å². The summed E-state index contributed by atoms with van der Waals surface area (Å²) in [6, 6.07) is 20.7. The zero-order chi connectivity index (χ0) is 26.6. The van der Waals surface area contributed by atoms with Gasteiger partial charge in [-0.3, -0.25) is 14.4 Å². The van der Waals surface area contributed by atoms with E-state index < -0.39 is 6.04 Å². The Kier molecular flexibility index (Phi) is 10.0. The summed E-state index contributed by atoms with van der Waals surface area (Å²) in [5.74, 6) is 0.301. The minimum Gasteiger partial charge on any atom is -0.493 e. The van der Waals surface area contributed by atoms with Crippen molar-refractivity contribution in [2.24, 2.45) is 0 Å². The van der Waals surface area contributed by atoms with Crippen LogP contribution in [0.4, 0.5) is 0 Å². The Morgan fingerprint density at radius 2 is 1.54 bits per heavy atom. The van der Waals surface area contributed by atoms with E-state index in [4.69, 9.17) is 9.47 Å². The fraction of sp³-hybridized carbons (Fsp3) is 0.233. The van der Waals surface area contributed by atoms with Crippen molar-refractivity contribution >= 4 is 29.7 Å². The SMILES string of the molecule is CCCC(NC(=O)c1ccccc1/C=C/c1ccc(OC)c(OC)c1)C(=O)CNC(=O)c1ccccc1. The van der Waals surface area contributed by atoms with Crippen molar-refractivity contribution in [1.29, 1.82) is 0 Å². The summed E-state index contributed by atoms with van der Waals surface area (Å²) in [4.78, 5) is 38.4. The Hall–Kier alpha value is -4.39. The number of hydrogen-bond acceptors (Lipinski definition) is 5. The number of ketones is 1. The molecule has 3 rings (SSSR count). The van der Waals surface area contributed by atoms with E-state index in [1.165, 1.54) is 0 Å². The van der Waals surface area contributed by atoms with Crippen molar-refractivity contribution < 1.29 is 23.9 Å². The van der Waals surface area contributed by atoms with Gasteiger partial charge < -0.3 is 20.1 Å². The van der Waals surface area contributed by atoms with E-state index in [0.717, 1.165) is 5.56 Å². The van der Waals surface area contributed by atoms with Crippen LogP contribution in [0.1, 0.15) is 51.6 Å². The van der Waals surface area contributed by atoms with Crippen LogP contribution >= 0.6 is 0 Å². The first-order valence-corrected chi connectivity index (χ1v) is 12.1. The number of carbonyl (C=O) groups is 3. The van der Waals surface area contributed by atoms with Crippen molar-refractivity contribution in [3.63, 3.8) is 0 Å². The van der Waals surface area contributed by atoms with Gasteiger partial charge in [-0.1, -0.05) is 68.0 Å². The van der Waals surface area contributed by atoms with Gasteiger partial charge in [0.05, 0.1) is 26.8 Å². The summed E-state index contributed by atoms with van der Waals surface area (Å²) >= 11 is 0. The fourth-order valence-corrected chi connectivity index (χ4v) is 3.81. The van der Waals surface area contributed by atoms with Crippen LogP contribution in [0.25, 0.3) is 12.2 Å². The van der Waals surface area contributed by atoms with Crippen LogP contribution in [0.2, 0.25) is 0 Å². The van der Waals surface area contributed by atoms with Gasteiger partial charge in [0.1, 0.15) is 0 Å². The standard InChI is InChI=1S/C30H32N2O5/c1-4-10-25(26(33)20-31-29(34)23-12-6-5-7-13-23)32-30(35)24-14-9-8-11-22(24)17-15-21-16-18-27(36-2)28(19-21)37-3/h5-9,11-19,25H,4,10,20H2,1-3H3,(H,31,34)(H,32,35)/b17-15+. The van der Waals surface area contributed by atoms with Crippen LogP contribution in [0.5, 0.6) is 11.5 Å². The quantitative estimate of drug-likeness (QED) is 0.350. The van der Waals surface area contributed by atoms with Gasteiger partial charge in [0.15, 0.2) is 17.3 Å². The Morgan fingerprint density at radius 1 is 0.838 bits per heavy atom. The molecule has 0 saturated heterocycles. The van der Waals surface area contributed by atoms with Crippen molar-refractivity contribution in [2.75, 3.05) is 20.8 Å². The molecule has 0 aromatic heterocycles. The van der Waals surface area contributed by atoms with Gasteiger partial charge in [-0.05, 0) is 47.9 Å². The Bertz CT molecular complexity index is 1250. The van der Waals surface area contributed by atoms with Gasteiger partial charge in [0.2, 0.25) is 0 Å². The Morgan fingerprint density at radius 3 is 2.24 bits per heavy atom. The molecule has 1 unspecified atom stereocenters. The summed E-state index contributed by atoms with van der Waals surface area (Å²) < 4.78 is 10.6. The van der Waals surface area contributed by atoms with Gasteiger partial charge in [0, 0.05) is 11.1 Å². The second-order valence-corrected chi connectivity index (χ2v) is 8.36. The second-order valence-electron chi connectivity index (χ2n) is 8.36. The smallest absolute Gasteiger partial charge is 0.252 e. The van der Waals surface area contributed by atoms with Crippen molar-refractivity contribution in [3.8, 4) is 11.5 Å². The van der Waals surface area contributed by atoms with Crippen LogP contribution in [-0.2, 0) is 4.79 Å². The highest BCUT2D eigenvalue weighted by molar-refractivity contribution is 6.02. The van der Waals surface area contributed by atoms with Crippen molar-refractivity contribution in [3.05, 3.63) is 95.1 Å².